The molecule has 1 aliphatic carbocycles. The molecular weight excluding hydrogens is 330 g/mol. The van der Waals surface area contributed by atoms with Crippen molar-refractivity contribution in [3.8, 4) is 11.5 Å². The predicted octanol–water partition coefficient (Wildman–Crippen LogP) is 4.39. The van der Waals surface area contributed by atoms with E-state index < -0.39 is 0 Å². The number of hydrogen-bond acceptors (Lipinski definition) is 6. The van der Waals surface area contributed by atoms with Crippen molar-refractivity contribution in [1.29, 1.82) is 0 Å². The summed E-state index contributed by atoms with van der Waals surface area (Å²) < 4.78 is 5.33. The fourth-order valence-corrected chi connectivity index (χ4v) is 3.52. The minimum absolute atomic E-state index is 0.177. The lowest BCUT2D eigenvalue weighted by Gasteiger charge is -2.00. The van der Waals surface area contributed by atoms with Gasteiger partial charge in [-0.25, -0.2) is 0 Å². The standard InChI is InChI=1S/C16H13N3O2S2/c20-13(6-5-11-2-1-8-22-11)17-16-12(7-9-23-16)15-18-14(19-21-15)10-3-4-10/h1-2,5-10H,3-4H2,(H,17,20)/b6-5+. The van der Waals surface area contributed by atoms with Crippen LogP contribution in [0.15, 0.2) is 39.6 Å². The maximum Gasteiger partial charge on any atom is 0.260 e. The van der Waals surface area contributed by atoms with Gasteiger partial charge in [-0.3, -0.25) is 4.79 Å². The van der Waals surface area contributed by atoms with E-state index in [1.807, 2.05) is 29.0 Å². The molecule has 1 amide bonds. The van der Waals surface area contributed by atoms with E-state index in [9.17, 15) is 4.79 Å². The van der Waals surface area contributed by atoms with Gasteiger partial charge in [0.05, 0.1) is 5.56 Å². The Hall–Kier alpha value is -2.25. The summed E-state index contributed by atoms with van der Waals surface area (Å²) >= 11 is 3.03. The van der Waals surface area contributed by atoms with Crippen LogP contribution in [0.5, 0.6) is 0 Å². The minimum atomic E-state index is -0.177. The van der Waals surface area contributed by atoms with Crippen molar-refractivity contribution in [3.63, 3.8) is 0 Å². The molecule has 23 heavy (non-hydrogen) atoms. The Labute approximate surface area is 140 Å². The third kappa shape index (κ3) is 3.25. The fraction of sp³-hybridized carbons (Fsp3) is 0.188. The lowest BCUT2D eigenvalue weighted by atomic mass is 10.3. The Morgan fingerprint density at radius 2 is 2.22 bits per heavy atom. The Balaban J connectivity index is 1.49. The molecule has 1 aliphatic rings. The average molecular weight is 343 g/mol. The highest BCUT2D eigenvalue weighted by Gasteiger charge is 2.29. The molecule has 0 saturated heterocycles. The van der Waals surface area contributed by atoms with Crippen molar-refractivity contribution in [2.75, 3.05) is 5.32 Å². The van der Waals surface area contributed by atoms with E-state index in [0.29, 0.717) is 11.8 Å². The molecule has 1 fully saturated rings. The Morgan fingerprint density at radius 3 is 3.00 bits per heavy atom. The number of thiophene rings is 2. The summed E-state index contributed by atoms with van der Waals surface area (Å²) in [6.07, 6.45) is 5.57. The van der Waals surface area contributed by atoms with Gasteiger partial charge in [-0.05, 0) is 41.8 Å². The van der Waals surface area contributed by atoms with Gasteiger partial charge in [0.15, 0.2) is 5.82 Å². The second-order valence-electron chi connectivity index (χ2n) is 5.23. The van der Waals surface area contributed by atoms with Crippen LogP contribution in [0.1, 0.15) is 29.5 Å². The highest BCUT2D eigenvalue weighted by atomic mass is 32.1. The molecule has 0 spiro atoms. The van der Waals surface area contributed by atoms with Gasteiger partial charge in [-0.1, -0.05) is 11.2 Å². The number of carbonyl (C=O) groups is 1. The third-order valence-corrected chi connectivity index (χ3v) is 5.13. The van der Waals surface area contributed by atoms with Crippen LogP contribution in [-0.2, 0) is 4.79 Å². The van der Waals surface area contributed by atoms with E-state index in [2.05, 4.69) is 15.5 Å². The largest absolute Gasteiger partial charge is 0.334 e. The van der Waals surface area contributed by atoms with Gasteiger partial charge in [0.25, 0.3) is 5.89 Å². The summed E-state index contributed by atoms with van der Waals surface area (Å²) in [4.78, 5) is 17.5. The number of rotatable bonds is 5. The van der Waals surface area contributed by atoms with E-state index in [1.54, 1.807) is 17.4 Å². The van der Waals surface area contributed by atoms with Crippen molar-refractivity contribution < 1.29 is 9.32 Å². The monoisotopic (exact) mass is 343 g/mol. The number of nitrogens with one attached hydrogen (secondary N) is 1. The molecule has 1 N–H and O–H groups in total. The second-order valence-corrected chi connectivity index (χ2v) is 7.13. The number of anilines is 1. The molecule has 116 valence electrons. The first-order valence-electron chi connectivity index (χ1n) is 7.23. The zero-order chi connectivity index (χ0) is 15.6. The number of carbonyl (C=O) groups excluding carboxylic acids is 1. The summed E-state index contributed by atoms with van der Waals surface area (Å²) in [6.45, 7) is 0. The first kappa shape index (κ1) is 14.3. The Kier molecular flexibility index (Phi) is 3.80. The summed E-state index contributed by atoms with van der Waals surface area (Å²) in [6, 6.07) is 5.79. The quantitative estimate of drug-likeness (QED) is 0.698. The molecule has 0 unspecified atom stereocenters. The lowest BCUT2D eigenvalue weighted by Crippen LogP contribution is -2.07. The molecule has 0 atom stereocenters. The molecule has 0 bridgehead atoms. The maximum atomic E-state index is 12.1. The van der Waals surface area contributed by atoms with Crippen molar-refractivity contribution in [1.82, 2.24) is 10.1 Å². The molecule has 7 heteroatoms. The second kappa shape index (κ2) is 6.10. The van der Waals surface area contributed by atoms with Gasteiger partial charge in [-0.15, -0.1) is 22.7 Å². The highest BCUT2D eigenvalue weighted by molar-refractivity contribution is 7.15. The number of aromatic nitrogens is 2. The van der Waals surface area contributed by atoms with Gasteiger partial charge >= 0.3 is 0 Å². The van der Waals surface area contributed by atoms with Crippen LogP contribution in [0.2, 0.25) is 0 Å². The van der Waals surface area contributed by atoms with Crippen molar-refractivity contribution in [2.24, 2.45) is 0 Å². The van der Waals surface area contributed by atoms with E-state index in [0.717, 1.165) is 34.1 Å². The first-order valence-corrected chi connectivity index (χ1v) is 8.99. The number of hydrogen-bond donors (Lipinski definition) is 1. The summed E-state index contributed by atoms with van der Waals surface area (Å²) in [5, 5.41) is 11.5. The lowest BCUT2D eigenvalue weighted by molar-refractivity contribution is -0.111. The highest BCUT2D eigenvalue weighted by Crippen LogP contribution is 2.40. The van der Waals surface area contributed by atoms with Crippen LogP contribution < -0.4 is 5.32 Å². The van der Waals surface area contributed by atoms with Crippen molar-refractivity contribution in [2.45, 2.75) is 18.8 Å². The van der Waals surface area contributed by atoms with Gasteiger partial charge in [-0.2, -0.15) is 4.98 Å². The van der Waals surface area contributed by atoms with Crippen LogP contribution in [0, 0.1) is 0 Å². The van der Waals surface area contributed by atoms with Crippen LogP contribution >= 0.6 is 22.7 Å². The topological polar surface area (TPSA) is 68.0 Å². The average Bonchev–Trinajstić information content (AvgIpc) is 2.99. The molecular formula is C16H13N3O2S2. The summed E-state index contributed by atoms with van der Waals surface area (Å²) in [7, 11) is 0. The Morgan fingerprint density at radius 1 is 1.30 bits per heavy atom. The zero-order valence-corrected chi connectivity index (χ0v) is 13.7. The molecule has 3 aromatic heterocycles. The molecule has 1 saturated carbocycles. The van der Waals surface area contributed by atoms with E-state index in [-0.39, 0.29) is 5.91 Å². The van der Waals surface area contributed by atoms with Gasteiger partial charge in [0, 0.05) is 16.9 Å². The minimum Gasteiger partial charge on any atom is -0.334 e. The molecule has 0 aliphatic heterocycles. The Bertz CT molecular complexity index is 844. The van der Waals surface area contributed by atoms with E-state index >= 15 is 0 Å². The zero-order valence-electron chi connectivity index (χ0n) is 12.1. The molecule has 3 heterocycles. The number of nitrogens with zero attached hydrogens (tertiary/aromatic N) is 2. The molecule has 0 aromatic carbocycles. The predicted molar refractivity (Wildman–Crippen MR) is 91.6 cm³/mol. The fourth-order valence-electron chi connectivity index (χ4n) is 2.12. The summed E-state index contributed by atoms with van der Waals surface area (Å²) in [5.41, 5.74) is 0.771. The molecule has 0 radical (unpaired) electrons. The maximum absolute atomic E-state index is 12.1. The normalized spacial score (nSPS) is 14.4. The van der Waals surface area contributed by atoms with E-state index in [4.69, 9.17) is 4.52 Å². The SMILES string of the molecule is O=C(/C=C/c1cccs1)Nc1sccc1-c1nc(C2CC2)no1. The summed E-state index contributed by atoms with van der Waals surface area (Å²) in [5.74, 6) is 1.49. The first-order chi connectivity index (χ1) is 11.3. The smallest absolute Gasteiger partial charge is 0.260 e. The van der Waals surface area contributed by atoms with Crippen molar-refractivity contribution in [3.05, 3.63) is 45.7 Å². The van der Waals surface area contributed by atoms with Gasteiger partial charge in [0.1, 0.15) is 5.00 Å². The van der Waals surface area contributed by atoms with E-state index in [1.165, 1.54) is 17.4 Å². The van der Waals surface area contributed by atoms with Crippen LogP contribution in [0.25, 0.3) is 17.5 Å². The number of amides is 1. The van der Waals surface area contributed by atoms with Crippen molar-refractivity contribution >= 4 is 39.7 Å². The van der Waals surface area contributed by atoms with Crippen LogP contribution in [0.4, 0.5) is 5.00 Å². The molecule has 4 rings (SSSR count). The van der Waals surface area contributed by atoms with Crippen LogP contribution in [0.3, 0.4) is 0 Å². The molecule has 5 nitrogen and oxygen atoms in total. The van der Waals surface area contributed by atoms with Gasteiger partial charge < -0.3 is 9.84 Å². The third-order valence-electron chi connectivity index (χ3n) is 3.46. The van der Waals surface area contributed by atoms with Crippen LogP contribution in [-0.4, -0.2) is 16.0 Å². The molecule has 3 aromatic rings. The van der Waals surface area contributed by atoms with Gasteiger partial charge in [0.2, 0.25) is 5.91 Å².